The molecule has 42 heavy (non-hydrogen) atoms. The van der Waals surface area contributed by atoms with Crippen LogP contribution in [0.15, 0.2) is 101 Å². The van der Waals surface area contributed by atoms with E-state index in [-0.39, 0.29) is 22.9 Å². The number of piperidine rings is 1. The van der Waals surface area contributed by atoms with Gasteiger partial charge in [0.2, 0.25) is 5.91 Å². The molecule has 1 fully saturated rings. The van der Waals surface area contributed by atoms with Gasteiger partial charge in [0.1, 0.15) is 11.6 Å². The van der Waals surface area contributed by atoms with Crippen LogP contribution < -0.4 is 5.32 Å². The molecule has 3 aromatic rings. The maximum atomic E-state index is 13.7. The maximum Gasteiger partial charge on any atom is 0.249 e. The number of Topliss-reactive ketones (excluding diaryl/α,β-unsaturated/α-hetero) is 1. The minimum absolute atomic E-state index is 0.0134. The molecule has 0 bridgehead atoms. The van der Waals surface area contributed by atoms with Gasteiger partial charge in [-0.1, -0.05) is 72.8 Å². The fourth-order valence-corrected chi connectivity index (χ4v) is 6.91. The van der Waals surface area contributed by atoms with Gasteiger partial charge in [0.05, 0.1) is 5.92 Å². The summed E-state index contributed by atoms with van der Waals surface area (Å²) in [6.07, 6.45) is 2.91. The topological polar surface area (TPSA) is 61.8 Å². The minimum Gasteiger partial charge on any atom is -0.352 e. The maximum absolute atomic E-state index is 13.7. The third-order valence-corrected chi connectivity index (χ3v) is 9.04. The van der Waals surface area contributed by atoms with Crippen molar-refractivity contribution in [2.45, 2.75) is 51.4 Å². The Morgan fingerprint density at radius 1 is 0.905 bits per heavy atom. The molecule has 2 aliphatic heterocycles. The first kappa shape index (κ1) is 29.6. The summed E-state index contributed by atoms with van der Waals surface area (Å²) in [7, 11) is 0. The number of hydrogen-bond acceptors (Lipinski definition) is 4. The van der Waals surface area contributed by atoms with E-state index in [9.17, 15) is 14.0 Å². The molecule has 1 N–H and O–H groups in total. The Labute approximate surface area is 248 Å². The number of rotatable bonds is 9. The van der Waals surface area contributed by atoms with Gasteiger partial charge >= 0.3 is 0 Å². The summed E-state index contributed by atoms with van der Waals surface area (Å²) in [6, 6.07) is 27.8. The van der Waals surface area contributed by atoms with E-state index in [2.05, 4.69) is 75.9 Å². The van der Waals surface area contributed by atoms with Crippen LogP contribution in [0.2, 0.25) is 0 Å². The van der Waals surface area contributed by atoms with Crippen molar-refractivity contribution >= 4 is 17.4 Å². The Bertz CT molecular complexity index is 1410. The number of carbonyl (C=O) groups is 2. The van der Waals surface area contributed by atoms with Crippen molar-refractivity contribution in [1.29, 1.82) is 0 Å². The van der Waals surface area contributed by atoms with Crippen molar-refractivity contribution in [2.75, 3.05) is 26.2 Å². The van der Waals surface area contributed by atoms with Crippen LogP contribution in [0, 0.1) is 11.7 Å². The SMILES string of the molecule is CC(=O)C1C(C)=NC(C)=C(C(=O)NCCCN2CCC(c3ccccc3)(c3ccccc3)CC2)C1c1ccc(F)cc1. The van der Waals surface area contributed by atoms with E-state index < -0.39 is 11.8 Å². The number of benzene rings is 3. The van der Waals surface area contributed by atoms with Gasteiger partial charge in [-0.25, -0.2) is 4.39 Å². The number of halogens is 1. The van der Waals surface area contributed by atoms with Crippen molar-refractivity contribution in [1.82, 2.24) is 10.2 Å². The lowest BCUT2D eigenvalue weighted by molar-refractivity contribution is -0.119. The Morgan fingerprint density at radius 3 is 2.02 bits per heavy atom. The molecule has 0 spiro atoms. The highest BCUT2D eigenvalue weighted by molar-refractivity contribution is 6.09. The van der Waals surface area contributed by atoms with E-state index in [0.717, 1.165) is 44.5 Å². The van der Waals surface area contributed by atoms with Crippen molar-refractivity contribution < 1.29 is 14.0 Å². The molecule has 2 heterocycles. The van der Waals surface area contributed by atoms with E-state index in [4.69, 9.17) is 0 Å². The minimum atomic E-state index is -0.553. The number of aliphatic imine (C=N–C) groups is 1. The average Bonchev–Trinajstić information content (AvgIpc) is 3.00. The quantitative estimate of drug-likeness (QED) is 0.303. The van der Waals surface area contributed by atoms with Gasteiger partial charge in [0.15, 0.2) is 0 Å². The van der Waals surface area contributed by atoms with E-state index in [1.54, 1.807) is 12.1 Å². The highest BCUT2D eigenvalue weighted by Gasteiger charge is 2.40. The second-order valence-corrected chi connectivity index (χ2v) is 11.6. The Balaban J connectivity index is 1.22. The molecule has 0 aliphatic carbocycles. The lowest BCUT2D eigenvalue weighted by Crippen LogP contribution is -2.44. The Morgan fingerprint density at radius 2 is 1.48 bits per heavy atom. The highest BCUT2D eigenvalue weighted by Crippen LogP contribution is 2.42. The van der Waals surface area contributed by atoms with Crippen LogP contribution >= 0.6 is 0 Å². The summed E-state index contributed by atoms with van der Waals surface area (Å²) in [6.45, 7) is 8.56. The van der Waals surface area contributed by atoms with Gasteiger partial charge in [0.25, 0.3) is 0 Å². The zero-order valence-electron chi connectivity index (χ0n) is 24.8. The van der Waals surface area contributed by atoms with Crippen LogP contribution in [-0.4, -0.2) is 48.5 Å². The summed E-state index contributed by atoms with van der Waals surface area (Å²) in [5.74, 6) is -1.67. The lowest BCUT2D eigenvalue weighted by Gasteiger charge is -2.43. The second-order valence-electron chi connectivity index (χ2n) is 11.6. The summed E-state index contributed by atoms with van der Waals surface area (Å²) < 4.78 is 13.7. The van der Waals surface area contributed by atoms with Gasteiger partial charge < -0.3 is 10.2 Å². The monoisotopic (exact) mass is 565 g/mol. The number of ketones is 1. The van der Waals surface area contributed by atoms with Crippen LogP contribution in [0.3, 0.4) is 0 Å². The summed E-state index contributed by atoms with van der Waals surface area (Å²) >= 11 is 0. The van der Waals surface area contributed by atoms with Crippen molar-refractivity contribution in [2.24, 2.45) is 10.9 Å². The number of amides is 1. The molecule has 5 rings (SSSR count). The van der Waals surface area contributed by atoms with E-state index in [0.29, 0.717) is 23.5 Å². The van der Waals surface area contributed by atoms with Crippen LogP contribution in [0.1, 0.15) is 62.6 Å². The molecular formula is C36H40FN3O2. The molecule has 2 atom stereocenters. The number of carbonyl (C=O) groups excluding carboxylic acids is 2. The Kier molecular flexibility index (Phi) is 9.12. The highest BCUT2D eigenvalue weighted by atomic mass is 19.1. The summed E-state index contributed by atoms with van der Waals surface area (Å²) in [4.78, 5) is 33.3. The molecule has 0 aromatic heterocycles. The molecule has 2 aliphatic rings. The molecule has 0 saturated carbocycles. The molecule has 6 heteroatoms. The smallest absolute Gasteiger partial charge is 0.249 e. The normalized spacial score (nSPS) is 20.6. The van der Waals surface area contributed by atoms with Crippen LogP contribution in [0.25, 0.3) is 0 Å². The fourth-order valence-electron chi connectivity index (χ4n) is 6.91. The molecule has 0 radical (unpaired) electrons. The van der Waals surface area contributed by atoms with Crippen molar-refractivity contribution in [3.05, 3.63) is 119 Å². The van der Waals surface area contributed by atoms with E-state index in [1.165, 1.54) is 30.2 Å². The molecular weight excluding hydrogens is 525 g/mol. The standard InChI is InChI=1S/C36H40FN3O2/c1-25-32(27(3)41)34(28-15-17-31(37)18-16-28)33(26(2)39-25)35(42)38-21-10-22-40-23-19-36(20-24-40,29-11-6-4-7-12-29)30-13-8-5-9-14-30/h4-9,11-18,32,34H,10,19-24H2,1-3H3,(H,38,42). The summed E-state index contributed by atoms with van der Waals surface area (Å²) in [5.41, 5.74) is 5.27. The number of likely N-dealkylation sites (tertiary alicyclic amines) is 1. The number of nitrogens with one attached hydrogen (secondary N) is 1. The van der Waals surface area contributed by atoms with Crippen molar-refractivity contribution in [3.8, 4) is 0 Å². The average molecular weight is 566 g/mol. The zero-order chi connectivity index (χ0) is 29.7. The molecule has 218 valence electrons. The second kappa shape index (κ2) is 13.0. The predicted molar refractivity (Wildman–Crippen MR) is 166 cm³/mol. The number of hydrogen-bond donors (Lipinski definition) is 1. The molecule has 3 aromatic carbocycles. The van der Waals surface area contributed by atoms with Gasteiger partial charge in [-0.3, -0.25) is 14.6 Å². The zero-order valence-corrected chi connectivity index (χ0v) is 24.8. The largest absolute Gasteiger partial charge is 0.352 e. The number of nitrogens with zero attached hydrogens (tertiary/aromatic N) is 2. The van der Waals surface area contributed by atoms with E-state index in [1.807, 2.05) is 13.8 Å². The molecule has 1 saturated heterocycles. The first-order valence-electron chi connectivity index (χ1n) is 14.9. The Hall–Kier alpha value is -3.90. The third kappa shape index (κ3) is 6.14. The number of allylic oxidation sites excluding steroid dienone is 1. The van der Waals surface area contributed by atoms with Crippen LogP contribution in [-0.2, 0) is 15.0 Å². The van der Waals surface area contributed by atoms with Gasteiger partial charge in [-0.05, 0) is 88.5 Å². The van der Waals surface area contributed by atoms with Crippen molar-refractivity contribution in [3.63, 3.8) is 0 Å². The van der Waals surface area contributed by atoms with Gasteiger partial charge in [0, 0.05) is 34.9 Å². The first-order valence-corrected chi connectivity index (χ1v) is 14.9. The lowest BCUT2D eigenvalue weighted by atomic mass is 9.68. The third-order valence-electron chi connectivity index (χ3n) is 9.04. The summed E-state index contributed by atoms with van der Waals surface area (Å²) in [5, 5.41) is 3.10. The molecule has 1 amide bonds. The van der Waals surface area contributed by atoms with Crippen LogP contribution in [0.4, 0.5) is 4.39 Å². The van der Waals surface area contributed by atoms with Gasteiger partial charge in [-0.2, -0.15) is 0 Å². The van der Waals surface area contributed by atoms with Crippen LogP contribution in [0.5, 0.6) is 0 Å². The fraction of sp³-hybridized carbons (Fsp3) is 0.361. The predicted octanol–water partition coefficient (Wildman–Crippen LogP) is 6.45. The molecule has 5 nitrogen and oxygen atoms in total. The van der Waals surface area contributed by atoms with Gasteiger partial charge in [-0.15, -0.1) is 0 Å². The van der Waals surface area contributed by atoms with E-state index >= 15 is 0 Å². The first-order chi connectivity index (χ1) is 20.3. The molecule has 2 unspecified atom stereocenters.